The molecule has 2 aromatic rings. The standard InChI is InChI=1S/C24H28N4O2S2/c1-14-8-15(12-30-5)18(10-25)22(27-14)31-13-21(29)28-23-19(11-26)17-7-6-16(24(2,3)4)9-20(17)32-23/h8,16H,6-7,9,12-13H2,1-5H3,(H,28,29)/t16-/m0/s1. The molecule has 0 aromatic carbocycles. The van der Waals surface area contributed by atoms with E-state index < -0.39 is 0 Å². The predicted molar refractivity (Wildman–Crippen MR) is 128 cm³/mol. The fraction of sp³-hybridized carbons (Fsp3) is 0.500. The maximum atomic E-state index is 12.7. The summed E-state index contributed by atoms with van der Waals surface area (Å²) in [6.45, 7) is 8.94. The van der Waals surface area contributed by atoms with Gasteiger partial charge in [0.15, 0.2) is 0 Å². The maximum Gasteiger partial charge on any atom is 0.235 e. The topological polar surface area (TPSA) is 98.8 Å². The van der Waals surface area contributed by atoms with Crippen LogP contribution in [0.4, 0.5) is 5.00 Å². The average molecular weight is 469 g/mol. The van der Waals surface area contributed by atoms with Crippen LogP contribution < -0.4 is 5.32 Å². The fourth-order valence-corrected chi connectivity index (χ4v) is 6.20. The third-order valence-corrected chi connectivity index (χ3v) is 7.95. The van der Waals surface area contributed by atoms with Crippen LogP contribution in [0.5, 0.6) is 0 Å². The minimum atomic E-state index is -0.210. The third-order valence-electron chi connectivity index (χ3n) is 5.80. The number of aromatic nitrogens is 1. The summed E-state index contributed by atoms with van der Waals surface area (Å²) in [5, 5.41) is 23.4. The van der Waals surface area contributed by atoms with Crippen LogP contribution in [-0.2, 0) is 29.0 Å². The van der Waals surface area contributed by atoms with Crippen molar-refractivity contribution in [3.63, 3.8) is 0 Å². The zero-order valence-corrected chi connectivity index (χ0v) is 20.8. The molecule has 0 bridgehead atoms. The molecule has 3 rings (SSSR count). The van der Waals surface area contributed by atoms with Gasteiger partial charge in [0.05, 0.1) is 23.5 Å². The lowest BCUT2D eigenvalue weighted by Gasteiger charge is -2.33. The lowest BCUT2D eigenvalue weighted by atomic mass is 9.72. The molecular weight excluding hydrogens is 440 g/mol. The highest BCUT2D eigenvalue weighted by Gasteiger charge is 2.32. The number of fused-ring (bicyclic) bond motifs is 1. The summed E-state index contributed by atoms with van der Waals surface area (Å²) < 4.78 is 5.18. The minimum absolute atomic E-state index is 0.107. The maximum absolute atomic E-state index is 12.7. The number of thioether (sulfide) groups is 1. The molecule has 2 heterocycles. The van der Waals surface area contributed by atoms with Gasteiger partial charge in [-0.3, -0.25) is 4.79 Å². The molecule has 1 atom stereocenters. The van der Waals surface area contributed by atoms with Gasteiger partial charge in [-0.05, 0) is 54.7 Å². The zero-order chi connectivity index (χ0) is 23.5. The summed E-state index contributed by atoms with van der Waals surface area (Å²) in [6, 6.07) is 6.31. The number of thiophene rings is 1. The number of rotatable bonds is 6. The largest absolute Gasteiger partial charge is 0.380 e. The normalized spacial score (nSPS) is 15.5. The Hall–Kier alpha value is -2.39. The van der Waals surface area contributed by atoms with E-state index in [-0.39, 0.29) is 17.1 Å². The number of nitrogens with zero attached hydrogens (tertiary/aromatic N) is 3. The van der Waals surface area contributed by atoms with Crippen LogP contribution in [0.2, 0.25) is 0 Å². The molecule has 0 saturated heterocycles. The Morgan fingerprint density at radius 2 is 2.06 bits per heavy atom. The number of amides is 1. The number of methoxy groups -OCH3 is 1. The van der Waals surface area contributed by atoms with Gasteiger partial charge in [-0.2, -0.15) is 10.5 Å². The summed E-state index contributed by atoms with van der Waals surface area (Å²) in [6.07, 6.45) is 2.89. The summed E-state index contributed by atoms with van der Waals surface area (Å²) in [5.74, 6) is 0.464. The Bertz CT molecular complexity index is 1100. The van der Waals surface area contributed by atoms with Gasteiger partial charge >= 0.3 is 0 Å². The molecule has 2 aromatic heterocycles. The van der Waals surface area contributed by atoms with Gasteiger partial charge in [0, 0.05) is 17.7 Å². The van der Waals surface area contributed by atoms with E-state index in [0.717, 1.165) is 36.1 Å². The summed E-state index contributed by atoms with van der Waals surface area (Å²) in [7, 11) is 1.58. The highest BCUT2D eigenvalue weighted by molar-refractivity contribution is 8.00. The lowest BCUT2D eigenvalue weighted by molar-refractivity contribution is -0.113. The monoisotopic (exact) mass is 468 g/mol. The first-order chi connectivity index (χ1) is 15.2. The fourth-order valence-electron chi connectivity index (χ4n) is 4.03. The van der Waals surface area contributed by atoms with Gasteiger partial charge in [-0.25, -0.2) is 4.98 Å². The average Bonchev–Trinajstić information content (AvgIpc) is 3.07. The number of hydrogen-bond acceptors (Lipinski definition) is 7. The van der Waals surface area contributed by atoms with E-state index >= 15 is 0 Å². The second-order valence-corrected chi connectivity index (χ2v) is 11.2. The molecule has 168 valence electrons. The second kappa shape index (κ2) is 10.0. The van der Waals surface area contributed by atoms with Crippen LogP contribution >= 0.6 is 23.1 Å². The molecule has 1 N–H and O–H groups in total. The van der Waals surface area contributed by atoms with Gasteiger partial charge in [0.1, 0.15) is 22.2 Å². The molecule has 0 radical (unpaired) electrons. The van der Waals surface area contributed by atoms with E-state index in [1.54, 1.807) is 7.11 Å². The molecule has 1 amide bonds. The Labute approximate surface area is 198 Å². The van der Waals surface area contributed by atoms with Crippen molar-refractivity contribution in [3.05, 3.63) is 38.9 Å². The van der Waals surface area contributed by atoms with E-state index in [0.29, 0.717) is 33.7 Å². The first kappa shape index (κ1) is 24.3. The van der Waals surface area contributed by atoms with Crippen molar-refractivity contribution in [2.75, 3.05) is 18.2 Å². The van der Waals surface area contributed by atoms with Gasteiger partial charge in [0.2, 0.25) is 5.91 Å². The molecular formula is C24H28N4O2S2. The quantitative estimate of drug-likeness (QED) is 0.583. The Kier molecular flexibility index (Phi) is 7.61. The SMILES string of the molecule is COCc1cc(C)nc(SCC(=O)Nc2sc3c(c2C#N)CC[C@H](C(C)(C)C)C3)c1C#N. The van der Waals surface area contributed by atoms with Gasteiger partial charge < -0.3 is 10.1 Å². The number of carbonyl (C=O) groups excluding carboxylic acids is 1. The number of hydrogen-bond donors (Lipinski definition) is 1. The molecule has 0 fully saturated rings. The summed E-state index contributed by atoms with van der Waals surface area (Å²) in [4.78, 5) is 18.4. The van der Waals surface area contributed by atoms with Crippen LogP contribution in [-0.4, -0.2) is 23.8 Å². The van der Waals surface area contributed by atoms with Crippen molar-refractivity contribution in [2.45, 2.75) is 58.6 Å². The van der Waals surface area contributed by atoms with Crippen molar-refractivity contribution >= 4 is 34.0 Å². The molecule has 6 nitrogen and oxygen atoms in total. The predicted octanol–water partition coefficient (Wildman–Crippen LogP) is 5.22. The molecule has 32 heavy (non-hydrogen) atoms. The van der Waals surface area contributed by atoms with Gasteiger partial charge in [-0.1, -0.05) is 32.5 Å². The van der Waals surface area contributed by atoms with Gasteiger partial charge in [-0.15, -0.1) is 11.3 Å². The first-order valence-corrected chi connectivity index (χ1v) is 12.3. The van der Waals surface area contributed by atoms with E-state index in [1.807, 2.05) is 13.0 Å². The second-order valence-electron chi connectivity index (χ2n) is 9.11. The zero-order valence-electron chi connectivity index (χ0n) is 19.2. The number of nitrogens with one attached hydrogen (secondary N) is 1. The first-order valence-electron chi connectivity index (χ1n) is 10.5. The smallest absolute Gasteiger partial charge is 0.235 e. The van der Waals surface area contributed by atoms with E-state index in [9.17, 15) is 15.3 Å². The van der Waals surface area contributed by atoms with Crippen molar-refractivity contribution in [2.24, 2.45) is 11.3 Å². The number of anilines is 1. The van der Waals surface area contributed by atoms with Crippen molar-refractivity contribution in [1.82, 2.24) is 4.98 Å². The third kappa shape index (κ3) is 5.32. The molecule has 0 aliphatic heterocycles. The van der Waals surface area contributed by atoms with Gasteiger partial charge in [0.25, 0.3) is 0 Å². The Morgan fingerprint density at radius 3 is 2.69 bits per heavy atom. The number of ether oxygens (including phenoxy) is 1. The van der Waals surface area contributed by atoms with E-state index in [4.69, 9.17) is 4.74 Å². The van der Waals surface area contributed by atoms with E-state index in [1.165, 1.54) is 28.0 Å². The number of aryl methyl sites for hydroxylation is 1. The number of nitriles is 2. The van der Waals surface area contributed by atoms with Crippen LogP contribution in [0.25, 0.3) is 0 Å². The summed E-state index contributed by atoms with van der Waals surface area (Å²) in [5.41, 5.74) is 3.88. The van der Waals surface area contributed by atoms with Crippen molar-refractivity contribution < 1.29 is 9.53 Å². The molecule has 8 heteroatoms. The Balaban J connectivity index is 1.74. The van der Waals surface area contributed by atoms with Crippen molar-refractivity contribution in [1.29, 1.82) is 10.5 Å². The minimum Gasteiger partial charge on any atom is -0.380 e. The number of pyridine rings is 1. The highest BCUT2D eigenvalue weighted by Crippen LogP contribution is 2.44. The van der Waals surface area contributed by atoms with Crippen LogP contribution in [0.15, 0.2) is 11.1 Å². The number of carbonyl (C=O) groups is 1. The van der Waals surface area contributed by atoms with Crippen LogP contribution in [0.1, 0.15) is 60.0 Å². The molecule has 1 aliphatic carbocycles. The molecule has 0 saturated carbocycles. The molecule has 1 aliphatic rings. The Morgan fingerprint density at radius 1 is 1.34 bits per heavy atom. The lowest BCUT2D eigenvalue weighted by Crippen LogP contribution is -2.26. The van der Waals surface area contributed by atoms with Crippen molar-refractivity contribution in [3.8, 4) is 12.1 Å². The molecule has 0 spiro atoms. The van der Waals surface area contributed by atoms with E-state index in [2.05, 4.69) is 43.2 Å². The van der Waals surface area contributed by atoms with Crippen LogP contribution in [0, 0.1) is 40.9 Å². The van der Waals surface area contributed by atoms with Crippen LogP contribution in [0.3, 0.4) is 0 Å². The highest BCUT2D eigenvalue weighted by atomic mass is 32.2. The summed E-state index contributed by atoms with van der Waals surface area (Å²) >= 11 is 2.75. The molecule has 0 unspecified atom stereocenters.